The van der Waals surface area contributed by atoms with Gasteiger partial charge in [0.1, 0.15) is 11.5 Å². The Morgan fingerprint density at radius 3 is 1.57 bits per heavy atom. The third-order valence-corrected chi connectivity index (χ3v) is 5.53. The zero-order valence-electron chi connectivity index (χ0n) is 12.6. The summed E-state index contributed by atoms with van der Waals surface area (Å²) in [7, 11) is 0. The van der Waals surface area contributed by atoms with Crippen LogP contribution in [0.1, 0.15) is 25.7 Å². The molecule has 4 N–H and O–H groups in total. The molecular weight excluding hydrogens is 264 g/mol. The van der Waals surface area contributed by atoms with Gasteiger partial charge in [-0.2, -0.15) is 0 Å². The molecular formula is C16H26N4O. The van der Waals surface area contributed by atoms with Crippen LogP contribution in [0.3, 0.4) is 0 Å². The molecule has 5 heteroatoms. The first-order valence-corrected chi connectivity index (χ1v) is 8.34. The number of hydrogen-bond acceptors (Lipinski definition) is 5. The minimum atomic E-state index is 0.0722. The lowest BCUT2D eigenvalue weighted by Crippen LogP contribution is -2.53. The van der Waals surface area contributed by atoms with Crippen molar-refractivity contribution in [1.82, 2.24) is 21.3 Å². The smallest absolute Gasteiger partial charge is 0.121 e. The second-order valence-electron chi connectivity index (χ2n) is 6.66. The second-order valence-corrected chi connectivity index (χ2v) is 6.66. The molecule has 0 radical (unpaired) electrons. The van der Waals surface area contributed by atoms with Crippen LogP contribution in [0.5, 0.6) is 0 Å². The van der Waals surface area contributed by atoms with Crippen molar-refractivity contribution in [3.8, 4) is 0 Å². The number of nitrogens with one attached hydrogen (secondary N) is 4. The summed E-state index contributed by atoms with van der Waals surface area (Å²) in [6.45, 7) is 6.15. The molecule has 0 aromatic rings. The van der Waals surface area contributed by atoms with E-state index in [2.05, 4.69) is 33.4 Å². The molecule has 4 heterocycles. The van der Waals surface area contributed by atoms with Gasteiger partial charge < -0.3 is 26.0 Å². The zero-order chi connectivity index (χ0) is 14.2. The van der Waals surface area contributed by atoms with Crippen LogP contribution in [0.25, 0.3) is 0 Å². The Balaban J connectivity index is 1.52. The van der Waals surface area contributed by atoms with Crippen LogP contribution in [0.15, 0.2) is 23.7 Å². The standard InChI is InChI=1S/C16H26N4O/c1-7-19-15(3-9-17-10-4-15)13(1)21-14-2-8-20-16(14)5-11-18-12-6-16/h1-2,17-20H,3-12H2. The fourth-order valence-corrected chi connectivity index (χ4v) is 4.19. The van der Waals surface area contributed by atoms with Crippen molar-refractivity contribution >= 4 is 0 Å². The van der Waals surface area contributed by atoms with E-state index >= 15 is 0 Å². The third kappa shape index (κ3) is 2.32. The van der Waals surface area contributed by atoms with E-state index in [0.717, 1.165) is 76.5 Å². The van der Waals surface area contributed by atoms with Gasteiger partial charge >= 0.3 is 0 Å². The molecule has 2 spiro atoms. The van der Waals surface area contributed by atoms with Crippen molar-refractivity contribution in [3.05, 3.63) is 23.7 Å². The lowest BCUT2D eigenvalue weighted by atomic mass is 9.86. The van der Waals surface area contributed by atoms with Crippen LogP contribution in [0.4, 0.5) is 0 Å². The molecule has 0 aromatic carbocycles. The molecule has 21 heavy (non-hydrogen) atoms. The molecule has 0 amide bonds. The van der Waals surface area contributed by atoms with Crippen LogP contribution in [-0.2, 0) is 4.74 Å². The summed E-state index contributed by atoms with van der Waals surface area (Å²) in [4.78, 5) is 0. The van der Waals surface area contributed by atoms with E-state index in [0.29, 0.717) is 0 Å². The molecule has 0 aliphatic carbocycles. The molecule has 116 valence electrons. The summed E-state index contributed by atoms with van der Waals surface area (Å²) in [5, 5.41) is 14.2. The molecule has 0 saturated carbocycles. The highest BCUT2D eigenvalue weighted by molar-refractivity contribution is 5.29. The molecule has 0 bridgehead atoms. The molecule has 4 aliphatic heterocycles. The van der Waals surface area contributed by atoms with Gasteiger partial charge in [-0.15, -0.1) is 0 Å². The van der Waals surface area contributed by atoms with E-state index in [9.17, 15) is 0 Å². The SMILES string of the molecule is C1=C(OC2=CCNC23CCNCC3)C2(CCNCC2)NC1. The fourth-order valence-electron chi connectivity index (χ4n) is 4.19. The molecule has 0 atom stereocenters. The molecule has 2 fully saturated rings. The Bertz CT molecular complexity index is 417. The van der Waals surface area contributed by atoms with Crippen molar-refractivity contribution in [2.75, 3.05) is 39.3 Å². The highest BCUT2D eigenvalue weighted by Crippen LogP contribution is 2.38. The van der Waals surface area contributed by atoms with E-state index in [-0.39, 0.29) is 11.1 Å². The quantitative estimate of drug-likeness (QED) is 0.586. The maximum Gasteiger partial charge on any atom is 0.121 e. The zero-order valence-corrected chi connectivity index (χ0v) is 12.6. The van der Waals surface area contributed by atoms with Gasteiger partial charge in [0.05, 0.1) is 11.1 Å². The van der Waals surface area contributed by atoms with Crippen molar-refractivity contribution in [2.45, 2.75) is 36.8 Å². The third-order valence-electron chi connectivity index (χ3n) is 5.53. The maximum absolute atomic E-state index is 6.50. The minimum Gasteiger partial charge on any atom is -0.463 e. The van der Waals surface area contributed by atoms with Gasteiger partial charge in [-0.3, -0.25) is 0 Å². The molecule has 0 unspecified atom stereocenters. The van der Waals surface area contributed by atoms with Crippen molar-refractivity contribution in [2.24, 2.45) is 0 Å². The molecule has 5 nitrogen and oxygen atoms in total. The number of ether oxygens (including phenoxy) is 1. The summed E-state index contributed by atoms with van der Waals surface area (Å²) >= 11 is 0. The van der Waals surface area contributed by atoms with E-state index < -0.39 is 0 Å². The summed E-state index contributed by atoms with van der Waals surface area (Å²) in [6.07, 6.45) is 8.98. The van der Waals surface area contributed by atoms with Crippen LogP contribution in [-0.4, -0.2) is 50.3 Å². The Morgan fingerprint density at radius 2 is 1.14 bits per heavy atom. The van der Waals surface area contributed by atoms with E-state index in [1.54, 1.807) is 0 Å². The highest BCUT2D eigenvalue weighted by Gasteiger charge is 2.45. The first-order valence-electron chi connectivity index (χ1n) is 8.34. The number of rotatable bonds is 2. The first kappa shape index (κ1) is 13.8. The van der Waals surface area contributed by atoms with Gasteiger partial charge in [-0.25, -0.2) is 0 Å². The molecule has 0 aromatic heterocycles. The maximum atomic E-state index is 6.50. The van der Waals surface area contributed by atoms with Crippen molar-refractivity contribution < 1.29 is 4.74 Å². The number of hydrogen-bond donors (Lipinski definition) is 4. The summed E-state index contributed by atoms with van der Waals surface area (Å²) in [6, 6.07) is 0. The topological polar surface area (TPSA) is 57.4 Å². The monoisotopic (exact) mass is 290 g/mol. The predicted octanol–water partition coefficient (Wildman–Crippen LogP) is 0.222. The minimum absolute atomic E-state index is 0.0722. The molecule has 4 rings (SSSR count). The average Bonchev–Trinajstić information content (AvgIpc) is 3.08. The van der Waals surface area contributed by atoms with Crippen LogP contribution in [0, 0.1) is 0 Å². The Kier molecular flexibility index (Phi) is 3.53. The second kappa shape index (κ2) is 5.39. The lowest BCUT2D eigenvalue weighted by Gasteiger charge is -2.40. The van der Waals surface area contributed by atoms with Gasteiger partial charge in [0.2, 0.25) is 0 Å². The van der Waals surface area contributed by atoms with Crippen LogP contribution in [0.2, 0.25) is 0 Å². The Labute approximate surface area is 126 Å². The van der Waals surface area contributed by atoms with Gasteiger partial charge in [0.25, 0.3) is 0 Å². The summed E-state index contributed by atoms with van der Waals surface area (Å²) in [5.41, 5.74) is 0.144. The van der Waals surface area contributed by atoms with E-state index in [1.165, 1.54) is 0 Å². The summed E-state index contributed by atoms with van der Waals surface area (Å²) < 4.78 is 6.50. The van der Waals surface area contributed by atoms with Gasteiger partial charge in [0, 0.05) is 13.1 Å². The van der Waals surface area contributed by atoms with Crippen molar-refractivity contribution in [3.63, 3.8) is 0 Å². The summed E-state index contributed by atoms with van der Waals surface area (Å²) in [5.74, 6) is 2.33. The Hall–Kier alpha value is -0.880. The van der Waals surface area contributed by atoms with Gasteiger partial charge in [0.15, 0.2) is 0 Å². The fraction of sp³-hybridized carbons (Fsp3) is 0.750. The van der Waals surface area contributed by atoms with Crippen molar-refractivity contribution in [1.29, 1.82) is 0 Å². The van der Waals surface area contributed by atoms with Gasteiger partial charge in [-0.05, 0) is 64.0 Å². The van der Waals surface area contributed by atoms with E-state index in [4.69, 9.17) is 4.74 Å². The number of piperidine rings is 2. The van der Waals surface area contributed by atoms with Gasteiger partial charge in [-0.1, -0.05) is 0 Å². The first-order chi connectivity index (χ1) is 10.3. The highest BCUT2D eigenvalue weighted by atomic mass is 16.5. The molecule has 2 saturated heterocycles. The Morgan fingerprint density at radius 1 is 0.714 bits per heavy atom. The molecule has 4 aliphatic rings. The van der Waals surface area contributed by atoms with Crippen LogP contribution >= 0.6 is 0 Å². The average molecular weight is 290 g/mol. The largest absolute Gasteiger partial charge is 0.463 e. The predicted molar refractivity (Wildman–Crippen MR) is 82.9 cm³/mol. The van der Waals surface area contributed by atoms with Crippen LogP contribution < -0.4 is 21.3 Å². The normalized spacial score (nSPS) is 30.5. The van der Waals surface area contributed by atoms with E-state index in [1.807, 2.05) is 0 Å². The lowest BCUT2D eigenvalue weighted by molar-refractivity contribution is 0.142.